The topological polar surface area (TPSA) is 103 Å². The zero-order chi connectivity index (χ0) is 10.0. The number of hydrogen-bond donors (Lipinski definition) is 2. The van der Waals surface area contributed by atoms with Crippen molar-refractivity contribution < 1.29 is 49.4 Å². The van der Waals surface area contributed by atoms with Crippen molar-refractivity contribution in [3.05, 3.63) is 29.3 Å². The average Bonchev–Trinajstić information content (AvgIpc) is 2.02. The molecule has 0 saturated carbocycles. The molecule has 0 atom stereocenters. The van der Waals surface area contributed by atoms with Crippen molar-refractivity contribution in [2.75, 3.05) is 5.73 Å². The monoisotopic (exact) mass is 203 g/mol. The summed E-state index contributed by atoms with van der Waals surface area (Å²) in [4.78, 5) is 21.0. The molecule has 3 N–H and O–H groups in total. The molecule has 0 bridgehead atoms. The van der Waals surface area contributed by atoms with Crippen molar-refractivity contribution in [1.29, 1.82) is 0 Å². The summed E-state index contributed by atoms with van der Waals surface area (Å²) in [6, 6.07) is 3.80. The predicted octanol–water partition coefficient (Wildman–Crippen LogP) is -3.67. The smallest absolute Gasteiger partial charge is 0.545 e. The molecule has 1 rings (SSSR count). The summed E-state index contributed by atoms with van der Waals surface area (Å²) < 4.78 is 0. The third-order valence-electron chi connectivity index (χ3n) is 1.53. The molecule has 68 valence electrons. The largest absolute Gasteiger partial charge is 1.00 e. The number of nitrogen functional groups attached to an aromatic ring is 1. The second-order valence-corrected chi connectivity index (χ2v) is 2.36. The van der Waals surface area contributed by atoms with E-state index in [0.717, 1.165) is 6.07 Å². The van der Waals surface area contributed by atoms with Gasteiger partial charge in [-0.15, -0.1) is 0 Å². The number of carbonyl (C=O) groups excluding carboxylic acids is 1. The summed E-state index contributed by atoms with van der Waals surface area (Å²) in [7, 11) is 0. The van der Waals surface area contributed by atoms with Gasteiger partial charge in [-0.05, 0) is 6.07 Å². The summed E-state index contributed by atoms with van der Waals surface area (Å²) in [6.07, 6.45) is 0. The third-order valence-corrected chi connectivity index (χ3v) is 1.53. The van der Waals surface area contributed by atoms with Gasteiger partial charge in [0.25, 0.3) is 0 Å². The second kappa shape index (κ2) is 4.99. The number of hydrogen-bond acceptors (Lipinski definition) is 4. The first-order chi connectivity index (χ1) is 6.04. The molecule has 1 aromatic carbocycles. The van der Waals surface area contributed by atoms with E-state index in [1.807, 2.05) is 0 Å². The number of aromatic carboxylic acids is 2. The van der Waals surface area contributed by atoms with E-state index < -0.39 is 23.1 Å². The van der Waals surface area contributed by atoms with Crippen LogP contribution in [0, 0.1) is 0 Å². The summed E-state index contributed by atoms with van der Waals surface area (Å²) in [5, 5.41) is 19.1. The van der Waals surface area contributed by atoms with Gasteiger partial charge in [0.05, 0.1) is 11.5 Å². The van der Waals surface area contributed by atoms with Crippen molar-refractivity contribution >= 4 is 17.6 Å². The van der Waals surface area contributed by atoms with Gasteiger partial charge in [0, 0.05) is 11.3 Å². The maximum Gasteiger partial charge on any atom is 1.00 e. The van der Waals surface area contributed by atoms with Gasteiger partial charge >= 0.3 is 35.5 Å². The molecule has 0 radical (unpaired) electrons. The van der Waals surface area contributed by atoms with Gasteiger partial charge in [0.2, 0.25) is 0 Å². The van der Waals surface area contributed by atoms with Gasteiger partial charge in [-0.1, -0.05) is 12.1 Å². The Hall–Kier alpha value is -1.04. The maximum atomic E-state index is 10.6. The Morgan fingerprint density at radius 2 is 1.93 bits per heavy atom. The molecule has 5 nitrogen and oxygen atoms in total. The van der Waals surface area contributed by atoms with Crippen LogP contribution in [0.15, 0.2) is 18.2 Å². The van der Waals surface area contributed by atoms with Crippen LogP contribution >= 0.6 is 0 Å². The minimum Gasteiger partial charge on any atom is -0.545 e. The molecule has 0 heterocycles. The molecule has 0 aliphatic carbocycles. The number of rotatable bonds is 2. The normalized spacial score (nSPS) is 8.86. The minimum absolute atomic E-state index is 0. The van der Waals surface area contributed by atoms with E-state index in [-0.39, 0.29) is 35.2 Å². The average molecular weight is 203 g/mol. The van der Waals surface area contributed by atoms with E-state index in [9.17, 15) is 14.7 Å². The number of nitrogens with two attached hydrogens (primary N) is 1. The standard InChI is InChI=1S/C8H7NO4.Na/c9-5-3-1-2-4(7(10)11)6(5)8(12)13;/h1-3H,9H2,(H,10,11)(H,12,13);/q;+1/p-1. The number of benzene rings is 1. The van der Waals surface area contributed by atoms with Crippen LogP contribution in [0.3, 0.4) is 0 Å². The Kier molecular flexibility index (Phi) is 4.62. The van der Waals surface area contributed by atoms with Crippen LogP contribution in [0.25, 0.3) is 0 Å². The molecule has 14 heavy (non-hydrogen) atoms. The predicted molar refractivity (Wildman–Crippen MR) is 42.1 cm³/mol. The van der Waals surface area contributed by atoms with Crippen LogP contribution in [-0.4, -0.2) is 17.0 Å². The summed E-state index contributed by atoms with van der Waals surface area (Å²) in [6.45, 7) is 0. The van der Waals surface area contributed by atoms with E-state index in [2.05, 4.69) is 0 Å². The molecule has 0 spiro atoms. The summed E-state index contributed by atoms with van der Waals surface area (Å²) in [5.41, 5.74) is 4.36. The van der Waals surface area contributed by atoms with Gasteiger partial charge in [-0.2, -0.15) is 0 Å². The molecule has 6 heteroatoms. The van der Waals surface area contributed by atoms with Gasteiger partial charge in [-0.25, -0.2) is 4.79 Å². The van der Waals surface area contributed by atoms with E-state index in [4.69, 9.17) is 10.8 Å². The molecule has 0 fully saturated rings. The second-order valence-electron chi connectivity index (χ2n) is 2.36. The molecule has 0 aromatic heterocycles. The van der Waals surface area contributed by atoms with Crippen molar-refractivity contribution in [2.45, 2.75) is 0 Å². The fraction of sp³-hybridized carbons (Fsp3) is 0. The van der Waals surface area contributed by atoms with Crippen molar-refractivity contribution in [3.63, 3.8) is 0 Å². The van der Waals surface area contributed by atoms with E-state index >= 15 is 0 Å². The summed E-state index contributed by atoms with van der Waals surface area (Å²) >= 11 is 0. The maximum absolute atomic E-state index is 10.6. The van der Waals surface area contributed by atoms with Crippen LogP contribution in [0.5, 0.6) is 0 Å². The molecule has 1 aromatic rings. The molecule has 0 aliphatic heterocycles. The first-order valence-electron chi connectivity index (χ1n) is 3.37. The SMILES string of the molecule is Nc1cccc(C(=O)[O-])c1C(=O)O.[Na+]. The molecule has 0 saturated heterocycles. The van der Waals surface area contributed by atoms with Crippen molar-refractivity contribution in [2.24, 2.45) is 0 Å². The number of carboxylic acids is 2. The number of carboxylic acid groups (broad SMARTS) is 2. The Labute approximate surface area is 102 Å². The van der Waals surface area contributed by atoms with Crippen LogP contribution < -0.4 is 40.4 Å². The number of anilines is 1. The molecule has 0 unspecified atom stereocenters. The molecule has 0 aliphatic rings. The van der Waals surface area contributed by atoms with Gasteiger partial charge in [0.15, 0.2) is 0 Å². The Morgan fingerprint density at radius 1 is 1.36 bits per heavy atom. The van der Waals surface area contributed by atoms with Crippen LogP contribution in [0.4, 0.5) is 5.69 Å². The Balaban J connectivity index is 0.00000169. The zero-order valence-corrected chi connectivity index (χ0v) is 9.48. The van der Waals surface area contributed by atoms with Crippen LogP contribution in [0.1, 0.15) is 20.7 Å². The Morgan fingerprint density at radius 3 is 2.29 bits per heavy atom. The first-order valence-corrected chi connectivity index (χ1v) is 3.37. The van der Waals surface area contributed by atoms with Gasteiger partial charge in [0.1, 0.15) is 0 Å². The van der Waals surface area contributed by atoms with Crippen molar-refractivity contribution in [3.8, 4) is 0 Å². The Bertz CT molecular complexity index is 378. The van der Waals surface area contributed by atoms with E-state index in [1.54, 1.807) is 0 Å². The first kappa shape index (κ1) is 13.0. The van der Waals surface area contributed by atoms with Crippen LogP contribution in [0.2, 0.25) is 0 Å². The minimum atomic E-state index is -1.55. The number of carbonyl (C=O) groups is 2. The fourth-order valence-electron chi connectivity index (χ4n) is 0.979. The van der Waals surface area contributed by atoms with Crippen molar-refractivity contribution in [1.82, 2.24) is 0 Å². The molecular formula is C8H6NNaO4. The zero-order valence-electron chi connectivity index (χ0n) is 7.48. The summed E-state index contributed by atoms with van der Waals surface area (Å²) in [5.74, 6) is -2.93. The quantitative estimate of drug-likeness (QED) is 0.381. The van der Waals surface area contributed by atoms with E-state index in [0.29, 0.717) is 0 Å². The van der Waals surface area contributed by atoms with E-state index in [1.165, 1.54) is 12.1 Å². The molecule has 0 amide bonds. The fourth-order valence-corrected chi connectivity index (χ4v) is 0.979. The van der Waals surface area contributed by atoms with Gasteiger partial charge in [-0.3, -0.25) is 0 Å². The van der Waals surface area contributed by atoms with Gasteiger partial charge < -0.3 is 20.7 Å². The molecular weight excluding hydrogens is 197 g/mol. The van der Waals surface area contributed by atoms with Crippen LogP contribution in [-0.2, 0) is 0 Å². The third kappa shape index (κ3) is 2.47.